The highest BCUT2D eigenvalue weighted by atomic mass is 16.5. The van der Waals surface area contributed by atoms with E-state index in [0.29, 0.717) is 0 Å². The molecule has 2 aromatic carbocycles. The van der Waals surface area contributed by atoms with Crippen LogP contribution in [0.5, 0.6) is 0 Å². The number of nitrogens with zero attached hydrogens (tertiary/aromatic N) is 2. The third kappa shape index (κ3) is 3.87. The Morgan fingerprint density at radius 3 is 2.58 bits per heavy atom. The fourth-order valence-corrected chi connectivity index (χ4v) is 3.51. The zero-order valence-electron chi connectivity index (χ0n) is 15.2. The zero-order valence-corrected chi connectivity index (χ0v) is 15.2. The van der Waals surface area contributed by atoms with Gasteiger partial charge < -0.3 is 10.1 Å². The van der Waals surface area contributed by atoms with Gasteiger partial charge in [-0.05, 0) is 35.7 Å². The topological polar surface area (TPSA) is 37.4 Å². The number of pyridine rings is 1. The quantitative estimate of drug-likeness (QED) is 0.757. The van der Waals surface area contributed by atoms with Crippen molar-refractivity contribution >= 4 is 16.7 Å². The minimum atomic E-state index is 0.783. The molecule has 3 aromatic rings. The second-order valence-corrected chi connectivity index (χ2v) is 6.85. The van der Waals surface area contributed by atoms with Gasteiger partial charge in [0.2, 0.25) is 0 Å². The smallest absolute Gasteiger partial charge is 0.127 e. The maximum absolute atomic E-state index is 5.46. The van der Waals surface area contributed by atoms with Crippen molar-refractivity contribution in [1.82, 2.24) is 9.88 Å². The Labute approximate surface area is 154 Å². The maximum atomic E-state index is 5.46. The summed E-state index contributed by atoms with van der Waals surface area (Å²) in [6.07, 6.45) is 0. The van der Waals surface area contributed by atoms with Crippen LogP contribution in [-0.2, 0) is 17.8 Å². The number of aromatic nitrogens is 1. The van der Waals surface area contributed by atoms with Gasteiger partial charge in [-0.1, -0.05) is 42.5 Å². The van der Waals surface area contributed by atoms with Crippen LogP contribution in [0.3, 0.4) is 0 Å². The van der Waals surface area contributed by atoms with Crippen molar-refractivity contribution in [2.24, 2.45) is 0 Å². The lowest BCUT2D eigenvalue weighted by molar-refractivity contribution is 0.0341. The lowest BCUT2D eigenvalue weighted by Crippen LogP contribution is -2.35. The Bertz CT molecular complexity index is 887. The highest BCUT2D eigenvalue weighted by Crippen LogP contribution is 2.21. The molecule has 1 saturated heterocycles. The van der Waals surface area contributed by atoms with Gasteiger partial charge in [-0.3, -0.25) is 4.90 Å². The summed E-state index contributed by atoms with van der Waals surface area (Å²) in [6, 6.07) is 19.1. The van der Waals surface area contributed by atoms with E-state index in [2.05, 4.69) is 65.7 Å². The van der Waals surface area contributed by atoms with E-state index in [1.165, 1.54) is 22.1 Å². The van der Waals surface area contributed by atoms with Crippen LogP contribution in [0, 0.1) is 6.92 Å². The monoisotopic (exact) mass is 347 g/mol. The van der Waals surface area contributed by atoms with Crippen molar-refractivity contribution in [3.05, 3.63) is 71.3 Å². The van der Waals surface area contributed by atoms with Crippen LogP contribution >= 0.6 is 0 Å². The molecule has 1 aliphatic heterocycles. The van der Waals surface area contributed by atoms with Crippen molar-refractivity contribution < 1.29 is 4.74 Å². The average Bonchev–Trinajstić information content (AvgIpc) is 2.68. The van der Waals surface area contributed by atoms with Gasteiger partial charge in [0.1, 0.15) is 5.82 Å². The van der Waals surface area contributed by atoms with Gasteiger partial charge >= 0.3 is 0 Å². The molecule has 1 aliphatic rings. The van der Waals surface area contributed by atoms with Crippen molar-refractivity contribution in [1.29, 1.82) is 0 Å². The summed E-state index contributed by atoms with van der Waals surface area (Å²) in [4.78, 5) is 7.22. The number of ether oxygens (including phenoxy) is 1. The second-order valence-electron chi connectivity index (χ2n) is 6.85. The molecule has 0 atom stereocenters. The van der Waals surface area contributed by atoms with Gasteiger partial charge in [-0.2, -0.15) is 0 Å². The molecule has 0 saturated carbocycles. The maximum Gasteiger partial charge on any atom is 0.127 e. The number of rotatable bonds is 5. The minimum absolute atomic E-state index is 0.783. The fraction of sp³-hybridized carbons (Fsp3) is 0.318. The van der Waals surface area contributed by atoms with E-state index in [1.807, 2.05) is 6.07 Å². The van der Waals surface area contributed by atoms with Crippen LogP contribution in [-0.4, -0.2) is 36.2 Å². The lowest BCUT2D eigenvalue weighted by Gasteiger charge is -2.27. The van der Waals surface area contributed by atoms with Crippen molar-refractivity contribution in [3.63, 3.8) is 0 Å². The Morgan fingerprint density at radius 2 is 1.73 bits per heavy atom. The number of benzene rings is 2. The van der Waals surface area contributed by atoms with Crippen LogP contribution in [0.25, 0.3) is 10.9 Å². The summed E-state index contributed by atoms with van der Waals surface area (Å²) in [5, 5.41) is 4.73. The molecule has 0 unspecified atom stereocenters. The number of aryl methyl sites for hydroxylation is 1. The average molecular weight is 347 g/mol. The predicted molar refractivity (Wildman–Crippen MR) is 106 cm³/mol. The molecule has 134 valence electrons. The first kappa shape index (κ1) is 17.0. The molecule has 0 aliphatic carbocycles. The van der Waals surface area contributed by atoms with Gasteiger partial charge in [0, 0.05) is 31.6 Å². The number of hydrogen-bond donors (Lipinski definition) is 1. The summed E-state index contributed by atoms with van der Waals surface area (Å²) in [5.74, 6) is 0.933. The number of nitrogens with one attached hydrogen (secondary N) is 1. The van der Waals surface area contributed by atoms with Crippen molar-refractivity contribution in [3.8, 4) is 0 Å². The van der Waals surface area contributed by atoms with Crippen LogP contribution < -0.4 is 5.32 Å². The molecule has 2 heterocycles. The first-order chi connectivity index (χ1) is 12.8. The Kier molecular flexibility index (Phi) is 5.14. The molecule has 1 fully saturated rings. The number of fused-ring (bicyclic) bond motifs is 1. The van der Waals surface area contributed by atoms with E-state index < -0.39 is 0 Å². The highest BCUT2D eigenvalue weighted by molar-refractivity contribution is 5.83. The molecule has 0 spiro atoms. The third-order valence-electron chi connectivity index (χ3n) is 5.00. The molecule has 4 nitrogen and oxygen atoms in total. The summed E-state index contributed by atoms with van der Waals surface area (Å²) in [6.45, 7) is 7.58. The van der Waals surface area contributed by atoms with E-state index in [-0.39, 0.29) is 0 Å². The Morgan fingerprint density at radius 1 is 1.00 bits per heavy atom. The van der Waals surface area contributed by atoms with Crippen LogP contribution in [0.1, 0.15) is 16.7 Å². The van der Waals surface area contributed by atoms with Crippen LogP contribution in [0.4, 0.5) is 5.82 Å². The van der Waals surface area contributed by atoms with E-state index in [0.717, 1.165) is 50.7 Å². The molecule has 1 aromatic heterocycles. The SMILES string of the molecule is Cc1cc(NCc2ccccc2CN2CCOCC2)nc2ccccc12. The second kappa shape index (κ2) is 7.85. The molecular formula is C22H25N3O. The largest absolute Gasteiger partial charge is 0.379 e. The van der Waals surface area contributed by atoms with E-state index in [1.54, 1.807) is 0 Å². The molecule has 4 heteroatoms. The molecule has 1 N–H and O–H groups in total. The Hall–Kier alpha value is -2.43. The summed E-state index contributed by atoms with van der Waals surface area (Å²) in [7, 11) is 0. The molecule has 26 heavy (non-hydrogen) atoms. The van der Waals surface area contributed by atoms with E-state index in [9.17, 15) is 0 Å². The normalized spacial score (nSPS) is 15.3. The highest BCUT2D eigenvalue weighted by Gasteiger charge is 2.12. The molecule has 4 rings (SSSR count). The van der Waals surface area contributed by atoms with Gasteiger partial charge in [-0.25, -0.2) is 4.98 Å². The number of para-hydroxylation sites is 1. The fourth-order valence-electron chi connectivity index (χ4n) is 3.51. The summed E-state index contributed by atoms with van der Waals surface area (Å²) >= 11 is 0. The van der Waals surface area contributed by atoms with Gasteiger partial charge in [0.15, 0.2) is 0 Å². The number of anilines is 1. The predicted octanol–water partition coefficient (Wildman–Crippen LogP) is 3.99. The molecule has 0 radical (unpaired) electrons. The first-order valence-corrected chi connectivity index (χ1v) is 9.27. The van der Waals surface area contributed by atoms with E-state index >= 15 is 0 Å². The van der Waals surface area contributed by atoms with Gasteiger partial charge in [-0.15, -0.1) is 0 Å². The standard InChI is InChI=1S/C22H25N3O/c1-17-14-22(24-21-9-5-4-8-20(17)21)23-15-18-6-2-3-7-19(18)16-25-10-12-26-13-11-25/h2-9,14H,10-13,15-16H2,1H3,(H,23,24). The zero-order chi connectivity index (χ0) is 17.8. The van der Waals surface area contributed by atoms with Crippen molar-refractivity contribution in [2.45, 2.75) is 20.0 Å². The molecule has 0 bridgehead atoms. The number of hydrogen-bond acceptors (Lipinski definition) is 4. The number of morpholine rings is 1. The first-order valence-electron chi connectivity index (χ1n) is 9.27. The lowest BCUT2D eigenvalue weighted by atomic mass is 10.1. The minimum Gasteiger partial charge on any atom is -0.379 e. The van der Waals surface area contributed by atoms with Gasteiger partial charge in [0.25, 0.3) is 0 Å². The van der Waals surface area contributed by atoms with E-state index in [4.69, 9.17) is 9.72 Å². The summed E-state index contributed by atoms with van der Waals surface area (Å²) in [5.41, 5.74) is 4.99. The molecule has 0 amide bonds. The van der Waals surface area contributed by atoms with Crippen molar-refractivity contribution in [2.75, 3.05) is 31.6 Å². The van der Waals surface area contributed by atoms with Crippen LogP contribution in [0.15, 0.2) is 54.6 Å². The summed E-state index contributed by atoms with van der Waals surface area (Å²) < 4.78 is 5.46. The molecular weight excluding hydrogens is 322 g/mol. The van der Waals surface area contributed by atoms with Crippen LogP contribution in [0.2, 0.25) is 0 Å². The third-order valence-corrected chi connectivity index (χ3v) is 5.00. The Balaban J connectivity index is 1.49. The van der Waals surface area contributed by atoms with Gasteiger partial charge in [0.05, 0.1) is 18.7 Å².